The molecule has 0 saturated heterocycles. The van der Waals surface area contributed by atoms with E-state index in [9.17, 15) is 27.7 Å². The van der Waals surface area contributed by atoms with Gasteiger partial charge in [0.15, 0.2) is 11.6 Å². The lowest BCUT2D eigenvalue weighted by Crippen LogP contribution is -2.27. The van der Waals surface area contributed by atoms with Crippen LogP contribution < -0.4 is 5.32 Å². The molecule has 0 heterocycles. The van der Waals surface area contributed by atoms with Crippen LogP contribution in [-0.4, -0.2) is 48.2 Å². The molecule has 7 nitrogen and oxygen atoms in total. The first-order valence-corrected chi connectivity index (χ1v) is 10.4. The average molecular weight is 475 g/mol. The maximum absolute atomic E-state index is 13.0. The molecule has 142 valence electrons. The van der Waals surface area contributed by atoms with E-state index in [1.807, 2.05) is 0 Å². The zero-order valence-corrected chi connectivity index (χ0v) is 16.7. The summed E-state index contributed by atoms with van der Waals surface area (Å²) in [6.45, 7) is -0.191. The molecule has 3 N–H and O–H groups in total. The molecule has 0 amide bonds. The number of carbonyl (C=O) groups is 2. The molecule has 2 aromatic rings. The maximum atomic E-state index is 13.0. The van der Waals surface area contributed by atoms with E-state index in [-0.39, 0.29) is 44.8 Å². The van der Waals surface area contributed by atoms with Crippen molar-refractivity contribution >= 4 is 54.9 Å². The number of hydrogen-bond acceptors (Lipinski definition) is 6. The maximum Gasteiger partial charge on any atom is 0.296 e. The van der Waals surface area contributed by atoms with Crippen molar-refractivity contribution in [3.63, 3.8) is 0 Å². The van der Waals surface area contributed by atoms with E-state index in [1.165, 1.54) is 12.1 Å². The molecule has 1 aliphatic carbocycles. The first-order chi connectivity index (χ1) is 12.7. The molecule has 0 spiro atoms. The van der Waals surface area contributed by atoms with Crippen LogP contribution in [0.5, 0.6) is 0 Å². The predicted octanol–water partition coefficient (Wildman–Crippen LogP) is 2.48. The summed E-state index contributed by atoms with van der Waals surface area (Å²) in [4.78, 5) is 25.3. The fourth-order valence-corrected chi connectivity index (χ4v) is 4.44. The van der Waals surface area contributed by atoms with Gasteiger partial charge in [-0.05, 0) is 22.0 Å². The highest BCUT2D eigenvalue weighted by molar-refractivity contribution is 9.10. The molecule has 1 unspecified atom stereocenters. The second-order valence-corrected chi connectivity index (χ2v) is 8.40. The lowest BCUT2D eigenvalue weighted by atomic mass is 9.83. The molecule has 0 fully saturated rings. The molecule has 0 bridgehead atoms. The molecular formula is C17H13BrClNO6S. The van der Waals surface area contributed by atoms with Gasteiger partial charge in [-0.2, -0.15) is 8.42 Å². The van der Waals surface area contributed by atoms with Crippen molar-refractivity contribution in [1.82, 2.24) is 0 Å². The van der Waals surface area contributed by atoms with Crippen LogP contribution in [0.2, 0.25) is 0 Å². The van der Waals surface area contributed by atoms with Crippen molar-refractivity contribution in [1.29, 1.82) is 0 Å². The van der Waals surface area contributed by atoms with Crippen molar-refractivity contribution in [2.75, 3.05) is 17.7 Å². The number of rotatable bonds is 5. The van der Waals surface area contributed by atoms with E-state index in [0.717, 1.165) is 6.07 Å². The number of benzene rings is 2. The minimum Gasteiger partial charge on any atom is -0.390 e. The van der Waals surface area contributed by atoms with Gasteiger partial charge < -0.3 is 10.4 Å². The molecule has 3 rings (SSSR count). The van der Waals surface area contributed by atoms with Crippen LogP contribution in [0.1, 0.15) is 31.8 Å². The van der Waals surface area contributed by atoms with Crippen LogP contribution in [-0.2, 0) is 10.1 Å². The van der Waals surface area contributed by atoms with E-state index < -0.39 is 32.7 Å². The predicted molar refractivity (Wildman–Crippen MR) is 102 cm³/mol. The number of carbonyl (C=O) groups excluding carboxylic acids is 2. The van der Waals surface area contributed by atoms with Crippen LogP contribution in [0.25, 0.3) is 0 Å². The summed E-state index contributed by atoms with van der Waals surface area (Å²) in [7, 11) is -4.73. The third-order valence-electron chi connectivity index (χ3n) is 4.08. The minimum absolute atomic E-state index is 0.0195. The van der Waals surface area contributed by atoms with E-state index in [0.29, 0.717) is 0 Å². The largest absolute Gasteiger partial charge is 0.390 e. The fraction of sp³-hybridized carbons (Fsp3) is 0.176. The topological polar surface area (TPSA) is 121 Å². The molecule has 1 aliphatic rings. The molecule has 10 heteroatoms. The Labute approximate surface area is 168 Å². The Hall–Kier alpha value is -1.78. The molecule has 0 aliphatic heterocycles. The van der Waals surface area contributed by atoms with Gasteiger partial charge in [-0.1, -0.05) is 24.3 Å². The summed E-state index contributed by atoms with van der Waals surface area (Å²) in [6, 6.07) is 7.21. The van der Waals surface area contributed by atoms with Gasteiger partial charge in [0, 0.05) is 22.1 Å². The van der Waals surface area contributed by atoms with Crippen molar-refractivity contribution < 1.29 is 27.7 Å². The lowest BCUT2D eigenvalue weighted by Gasteiger charge is -2.24. The van der Waals surface area contributed by atoms with Crippen molar-refractivity contribution in [3.05, 3.63) is 57.1 Å². The number of fused-ring (bicyclic) bond motifs is 2. The molecule has 27 heavy (non-hydrogen) atoms. The molecule has 2 aromatic carbocycles. The number of aliphatic hydroxyl groups excluding tert-OH is 1. The Morgan fingerprint density at radius 3 is 2.19 bits per heavy atom. The molecular weight excluding hydrogens is 462 g/mol. The van der Waals surface area contributed by atoms with Crippen molar-refractivity contribution in [2.45, 2.75) is 11.0 Å². The monoisotopic (exact) mass is 473 g/mol. The quantitative estimate of drug-likeness (QED) is 0.384. The Balaban J connectivity index is 2.31. The van der Waals surface area contributed by atoms with Crippen LogP contribution in [0.4, 0.5) is 5.69 Å². The molecule has 1 atom stereocenters. The Morgan fingerprint density at radius 2 is 1.67 bits per heavy atom. The van der Waals surface area contributed by atoms with E-state index >= 15 is 0 Å². The average Bonchev–Trinajstić information content (AvgIpc) is 2.63. The molecule has 0 radical (unpaired) electrons. The summed E-state index contributed by atoms with van der Waals surface area (Å²) in [5.41, 5.74) is -0.151. The van der Waals surface area contributed by atoms with E-state index in [2.05, 4.69) is 21.2 Å². The highest BCUT2D eigenvalue weighted by atomic mass is 79.9. The molecule has 0 aromatic heterocycles. The lowest BCUT2D eigenvalue weighted by molar-refractivity contribution is 0.0978. The summed E-state index contributed by atoms with van der Waals surface area (Å²) in [5, 5.41) is 12.3. The van der Waals surface area contributed by atoms with E-state index in [1.54, 1.807) is 12.1 Å². The zero-order valence-electron chi connectivity index (χ0n) is 13.6. The normalized spacial score (nSPS) is 14.5. The number of hydrogen-bond donors (Lipinski definition) is 3. The number of nitrogens with one attached hydrogen (secondary N) is 1. The van der Waals surface area contributed by atoms with Gasteiger partial charge in [0.1, 0.15) is 4.90 Å². The number of aliphatic hydroxyl groups is 1. The minimum atomic E-state index is -4.73. The first kappa shape index (κ1) is 20.0. The highest BCUT2D eigenvalue weighted by Gasteiger charge is 2.36. The molecule has 0 saturated carbocycles. The van der Waals surface area contributed by atoms with Crippen LogP contribution in [0.15, 0.2) is 39.7 Å². The second-order valence-electron chi connectivity index (χ2n) is 5.85. The summed E-state index contributed by atoms with van der Waals surface area (Å²) >= 11 is 8.68. The van der Waals surface area contributed by atoms with Crippen LogP contribution >= 0.6 is 27.5 Å². The highest BCUT2D eigenvalue weighted by Crippen LogP contribution is 2.40. The third-order valence-corrected chi connectivity index (χ3v) is 5.94. The van der Waals surface area contributed by atoms with Gasteiger partial charge in [0.25, 0.3) is 10.1 Å². The number of halogens is 2. The van der Waals surface area contributed by atoms with Crippen molar-refractivity contribution in [3.8, 4) is 0 Å². The zero-order chi connectivity index (χ0) is 19.9. The standard InChI is InChI=1S/C17H13BrClNO6S/c18-11-5-12(27(24,25)26)15(20-7-8(21)6-19)14-13(11)16(22)9-3-1-2-4-10(9)17(14)23/h1-5,8,20-21H,6-7H2,(H,24,25,26). The number of alkyl halides is 1. The number of anilines is 1. The van der Waals surface area contributed by atoms with Crippen LogP contribution in [0, 0.1) is 0 Å². The van der Waals surface area contributed by atoms with Gasteiger partial charge in [-0.25, -0.2) is 0 Å². The third kappa shape index (κ3) is 3.53. The Morgan fingerprint density at radius 1 is 1.11 bits per heavy atom. The summed E-state index contributed by atoms with van der Waals surface area (Å²) < 4.78 is 33.3. The Bertz CT molecular complexity index is 1070. The smallest absolute Gasteiger partial charge is 0.296 e. The van der Waals surface area contributed by atoms with Gasteiger partial charge in [-0.15, -0.1) is 11.6 Å². The second kappa shape index (κ2) is 7.33. The fourth-order valence-electron chi connectivity index (χ4n) is 2.88. The summed E-state index contributed by atoms with van der Waals surface area (Å²) in [6.07, 6.45) is -1.04. The van der Waals surface area contributed by atoms with Gasteiger partial charge in [-0.3, -0.25) is 14.1 Å². The van der Waals surface area contributed by atoms with E-state index in [4.69, 9.17) is 11.6 Å². The van der Waals surface area contributed by atoms with Crippen molar-refractivity contribution in [2.24, 2.45) is 0 Å². The van der Waals surface area contributed by atoms with Gasteiger partial charge >= 0.3 is 0 Å². The SMILES string of the molecule is O=C1c2ccccc2C(=O)c2c(NCC(O)CCl)c(S(=O)(=O)O)cc(Br)c21. The number of ketones is 2. The first-order valence-electron chi connectivity index (χ1n) is 7.67. The summed E-state index contributed by atoms with van der Waals surface area (Å²) in [5.74, 6) is -1.17. The van der Waals surface area contributed by atoms with Crippen LogP contribution in [0.3, 0.4) is 0 Å². The van der Waals surface area contributed by atoms with Gasteiger partial charge in [0.2, 0.25) is 0 Å². The van der Waals surface area contributed by atoms with Gasteiger partial charge in [0.05, 0.1) is 28.8 Å². The Kier molecular flexibility index (Phi) is 5.42.